The van der Waals surface area contributed by atoms with Crippen LogP contribution in [0.15, 0.2) is 34.1 Å². The Labute approximate surface area is 149 Å². The van der Waals surface area contributed by atoms with Crippen molar-refractivity contribution in [3.8, 4) is 11.5 Å². The number of aromatic nitrogens is 4. The Hall–Kier alpha value is -3.03. The number of methoxy groups -OCH3 is 2. The summed E-state index contributed by atoms with van der Waals surface area (Å²) < 4.78 is 13.9. The molecule has 0 bridgehead atoms. The number of nitrogens with zero attached hydrogens (tertiary/aromatic N) is 3. The van der Waals surface area contributed by atoms with E-state index in [1.807, 2.05) is 6.20 Å². The summed E-state index contributed by atoms with van der Waals surface area (Å²) in [6, 6.07) is 3.21. The van der Waals surface area contributed by atoms with Crippen molar-refractivity contribution in [2.75, 3.05) is 14.2 Å². The average Bonchev–Trinajstić information content (AvgIpc) is 3.13. The van der Waals surface area contributed by atoms with E-state index in [4.69, 9.17) is 9.47 Å². The summed E-state index contributed by atoms with van der Waals surface area (Å²) in [5, 5.41) is 0.390. The molecule has 2 aromatic heterocycles. The second-order valence-electron chi connectivity index (χ2n) is 6.42. The van der Waals surface area contributed by atoms with E-state index in [9.17, 15) is 9.59 Å². The van der Waals surface area contributed by atoms with Gasteiger partial charge in [0.25, 0.3) is 5.56 Å². The average molecular weight is 356 g/mol. The van der Waals surface area contributed by atoms with Crippen molar-refractivity contribution >= 4 is 10.9 Å². The van der Waals surface area contributed by atoms with Gasteiger partial charge in [-0.3, -0.25) is 9.36 Å². The van der Waals surface area contributed by atoms with Crippen LogP contribution >= 0.6 is 0 Å². The normalized spacial score (nSPS) is 16.5. The van der Waals surface area contributed by atoms with Crippen LogP contribution in [0.4, 0.5) is 0 Å². The first-order chi connectivity index (χ1) is 12.6. The fourth-order valence-corrected chi connectivity index (χ4v) is 3.65. The molecule has 26 heavy (non-hydrogen) atoms. The SMILES string of the molecule is COc1cc2[nH]c(=O)n(CC3CCCn4ccnc43)c(=O)c2cc1OC. The number of aryl methyl sites for hydroxylation is 1. The van der Waals surface area contributed by atoms with Crippen LogP contribution in [0.3, 0.4) is 0 Å². The summed E-state index contributed by atoms with van der Waals surface area (Å²) in [4.78, 5) is 32.7. The van der Waals surface area contributed by atoms with Crippen molar-refractivity contribution in [1.82, 2.24) is 19.1 Å². The first kappa shape index (κ1) is 16.4. The quantitative estimate of drug-likeness (QED) is 0.765. The third kappa shape index (κ3) is 2.58. The zero-order chi connectivity index (χ0) is 18.3. The highest BCUT2D eigenvalue weighted by atomic mass is 16.5. The molecule has 1 aliphatic rings. The van der Waals surface area contributed by atoms with Crippen molar-refractivity contribution in [3.63, 3.8) is 0 Å². The summed E-state index contributed by atoms with van der Waals surface area (Å²) in [5.74, 6) is 1.87. The molecule has 0 saturated heterocycles. The number of nitrogens with one attached hydrogen (secondary N) is 1. The van der Waals surface area contributed by atoms with E-state index < -0.39 is 5.69 Å². The molecule has 1 unspecified atom stereocenters. The van der Waals surface area contributed by atoms with Gasteiger partial charge in [0.05, 0.1) is 25.1 Å². The molecular formula is C18H20N4O4. The van der Waals surface area contributed by atoms with Gasteiger partial charge in [-0.05, 0) is 18.9 Å². The van der Waals surface area contributed by atoms with Crippen LogP contribution in [-0.2, 0) is 13.1 Å². The second kappa shape index (κ2) is 6.36. The lowest BCUT2D eigenvalue weighted by atomic mass is 9.99. The maximum atomic E-state index is 13.0. The first-order valence-corrected chi connectivity index (χ1v) is 8.52. The molecule has 0 fully saturated rings. The number of benzene rings is 1. The van der Waals surface area contributed by atoms with E-state index in [0.717, 1.165) is 25.2 Å². The number of aromatic amines is 1. The fraction of sp³-hybridized carbons (Fsp3) is 0.389. The van der Waals surface area contributed by atoms with Crippen molar-refractivity contribution in [1.29, 1.82) is 0 Å². The molecule has 3 aromatic rings. The number of H-pyrrole nitrogens is 1. The van der Waals surface area contributed by atoms with Crippen LogP contribution in [0.2, 0.25) is 0 Å². The van der Waals surface area contributed by atoms with Crippen LogP contribution in [0.5, 0.6) is 11.5 Å². The minimum atomic E-state index is -0.432. The minimum absolute atomic E-state index is 0.0372. The standard InChI is InChI=1S/C18H20N4O4/c1-25-14-8-12-13(9-15(14)26-2)20-18(24)22(17(12)23)10-11-4-3-6-21-7-5-19-16(11)21/h5,7-9,11H,3-4,6,10H2,1-2H3,(H,20,24). The summed E-state index contributed by atoms with van der Waals surface area (Å²) >= 11 is 0. The molecule has 1 aromatic carbocycles. The summed E-state index contributed by atoms with van der Waals surface area (Å²) in [5.41, 5.74) is -0.342. The van der Waals surface area contributed by atoms with Crippen molar-refractivity contribution in [3.05, 3.63) is 51.2 Å². The smallest absolute Gasteiger partial charge is 0.328 e. The van der Waals surface area contributed by atoms with Crippen LogP contribution in [-0.4, -0.2) is 33.3 Å². The van der Waals surface area contributed by atoms with Gasteiger partial charge in [-0.15, -0.1) is 0 Å². The van der Waals surface area contributed by atoms with Crippen LogP contribution in [0, 0.1) is 0 Å². The molecule has 0 amide bonds. The van der Waals surface area contributed by atoms with E-state index in [1.165, 1.54) is 18.8 Å². The van der Waals surface area contributed by atoms with Gasteiger partial charge in [-0.25, -0.2) is 9.78 Å². The molecular weight excluding hydrogens is 336 g/mol. The Balaban J connectivity index is 1.82. The molecule has 8 heteroatoms. The van der Waals surface area contributed by atoms with Crippen molar-refractivity contribution in [2.45, 2.75) is 31.8 Å². The Morgan fingerprint density at radius 1 is 1.23 bits per heavy atom. The molecule has 0 spiro atoms. The molecule has 1 aliphatic heterocycles. The molecule has 1 N–H and O–H groups in total. The largest absolute Gasteiger partial charge is 0.493 e. The van der Waals surface area contributed by atoms with Gasteiger partial charge >= 0.3 is 5.69 Å². The van der Waals surface area contributed by atoms with E-state index in [-0.39, 0.29) is 11.5 Å². The maximum absolute atomic E-state index is 13.0. The summed E-state index contributed by atoms with van der Waals surface area (Å²) in [6.07, 6.45) is 5.59. The zero-order valence-electron chi connectivity index (χ0n) is 14.7. The third-order valence-corrected chi connectivity index (χ3v) is 4.95. The number of hydrogen-bond acceptors (Lipinski definition) is 5. The summed E-state index contributed by atoms with van der Waals surface area (Å²) in [7, 11) is 3.02. The van der Waals surface area contributed by atoms with E-state index in [2.05, 4.69) is 14.5 Å². The van der Waals surface area contributed by atoms with Gasteiger partial charge in [0, 0.05) is 37.5 Å². The first-order valence-electron chi connectivity index (χ1n) is 8.52. The predicted molar refractivity (Wildman–Crippen MR) is 96.1 cm³/mol. The van der Waals surface area contributed by atoms with Crippen LogP contribution < -0.4 is 20.7 Å². The minimum Gasteiger partial charge on any atom is -0.493 e. The highest BCUT2D eigenvalue weighted by Gasteiger charge is 2.23. The lowest BCUT2D eigenvalue weighted by molar-refractivity contribution is 0.355. The lowest BCUT2D eigenvalue weighted by Gasteiger charge is -2.23. The number of fused-ring (bicyclic) bond motifs is 2. The molecule has 0 radical (unpaired) electrons. The van der Waals surface area contributed by atoms with Gasteiger partial charge in [0.1, 0.15) is 5.82 Å². The molecule has 136 valence electrons. The van der Waals surface area contributed by atoms with Crippen molar-refractivity contribution < 1.29 is 9.47 Å². The van der Waals surface area contributed by atoms with Crippen LogP contribution in [0.1, 0.15) is 24.6 Å². The Bertz CT molecular complexity index is 1080. The van der Waals surface area contributed by atoms with Crippen LogP contribution in [0.25, 0.3) is 10.9 Å². The molecule has 1 atom stereocenters. The van der Waals surface area contributed by atoms with Gasteiger partial charge < -0.3 is 19.0 Å². The van der Waals surface area contributed by atoms with E-state index in [0.29, 0.717) is 28.9 Å². The number of imidazole rings is 1. The zero-order valence-corrected chi connectivity index (χ0v) is 14.7. The third-order valence-electron chi connectivity index (χ3n) is 4.95. The van der Waals surface area contributed by atoms with Gasteiger partial charge in [-0.2, -0.15) is 0 Å². The molecule has 0 aliphatic carbocycles. The predicted octanol–water partition coefficient (Wildman–Crippen LogP) is 1.48. The van der Waals surface area contributed by atoms with Gasteiger partial charge in [0.15, 0.2) is 11.5 Å². The highest BCUT2D eigenvalue weighted by molar-refractivity contribution is 5.81. The number of ether oxygens (including phenoxy) is 2. The van der Waals surface area contributed by atoms with E-state index >= 15 is 0 Å². The monoisotopic (exact) mass is 356 g/mol. The number of rotatable bonds is 4. The summed E-state index contributed by atoms with van der Waals surface area (Å²) in [6.45, 7) is 1.22. The lowest BCUT2D eigenvalue weighted by Crippen LogP contribution is -2.37. The van der Waals surface area contributed by atoms with Gasteiger partial charge in [0.2, 0.25) is 0 Å². The Morgan fingerprint density at radius 2 is 2.00 bits per heavy atom. The molecule has 4 rings (SSSR count). The molecule has 0 saturated carbocycles. The van der Waals surface area contributed by atoms with Gasteiger partial charge in [-0.1, -0.05) is 0 Å². The van der Waals surface area contributed by atoms with Crippen molar-refractivity contribution in [2.24, 2.45) is 0 Å². The number of hydrogen-bond donors (Lipinski definition) is 1. The van der Waals surface area contributed by atoms with E-state index in [1.54, 1.807) is 18.3 Å². The maximum Gasteiger partial charge on any atom is 0.328 e. The topological polar surface area (TPSA) is 91.1 Å². The Kier molecular flexibility index (Phi) is 4.02. The fourth-order valence-electron chi connectivity index (χ4n) is 3.65. The Morgan fingerprint density at radius 3 is 2.77 bits per heavy atom. The second-order valence-corrected chi connectivity index (χ2v) is 6.42. The highest BCUT2D eigenvalue weighted by Crippen LogP contribution is 2.30. The molecule has 8 nitrogen and oxygen atoms in total. The molecule has 3 heterocycles.